The zero-order valence-electron chi connectivity index (χ0n) is 20.7. The minimum Gasteiger partial charge on any atom is -1.00 e. The van der Waals surface area contributed by atoms with Crippen LogP contribution in [0.5, 0.6) is 0 Å². The number of imide groups is 1. The zero-order valence-corrected chi connectivity index (χ0v) is 22.3. The minimum absolute atomic E-state index is 0. The van der Waals surface area contributed by atoms with E-state index in [1.54, 1.807) is 4.90 Å². The summed E-state index contributed by atoms with van der Waals surface area (Å²) in [6, 6.07) is 5.32. The number of nitrogens with zero attached hydrogens (tertiary/aromatic N) is 2. The second-order valence-electron chi connectivity index (χ2n) is 10.1. The molecule has 0 saturated carbocycles. The van der Waals surface area contributed by atoms with Crippen molar-refractivity contribution in [2.24, 2.45) is 0 Å². The summed E-state index contributed by atoms with van der Waals surface area (Å²) >= 11 is 1.82. The number of benzene rings is 1. The molecule has 0 spiro atoms. The first-order valence-electron chi connectivity index (χ1n) is 12.8. The molecule has 2 saturated heterocycles. The highest BCUT2D eigenvalue weighted by molar-refractivity contribution is 7.99. The SMILES string of the molecule is C[N+]1(CCCCCCCCSc2cccc3c2CN(C2CCC(=O)NC2=O)C3=O)CCOCC1.[Cl-]. The summed E-state index contributed by atoms with van der Waals surface area (Å²) in [7, 11) is 2.36. The van der Waals surface area contributed by atoms with Gasteiger partial charge in [-0.3, -0.25) is 19.7 Å². The maximum Gasteiger partial charge on any atom is 0.255 e. The number of piperidine rings is 1. The maximum atomic E-state index is 12.9. The highest BCUT2D eigenvalue weighted by Gasteiger charge is 2.39. The molecular formula is C26H38ClN3O4S. The van der Waals surface area contributed by atoms with Crippen LogP contribution in [0.2, 0.25) is 0 Å². The molecule has 0 aromatic heterocycles. The smallest absolute Gasteiger partial charge is 0.255 e. The molecular weight excluding hydrogens is 486 g/mol. The average molecular weight is 524 g/mol. The Morgan fingerprint density at radius 1 is 1.06 bits per heavy atom. The van der Waals surface area contributed by atoms with Gasteiger partial charge in [-0.05, 0) is 49.1 Å². The molecule has 2 fully saturated rings. The van der Waals surface area contributed by atoms with Gasteiger partial charge in [-0.25, -0.2) is 0 Å². The van der Waals surface area contributed by atoms with E-state index in [-0.39, 0.29) is 36.5 Å². The van der Waals surface area contributed by atoms with Crippen molar-refractivity contribution in [1.29, 1.82) is 0 Å². The van der Waals surface area contributed by atoms with E-state index in [4.69, 9.17) is 4.74 Å². The van der Waals surface area contributed by atoms with Crippen LogP contribution in [-0.2, 0) is 20.9 Å². The standard InChI is InChI=1S/C26H37N3O4S.ClH/c1-29(14-16-33-17-15-29)13-6-4-2-3-5-7-18-34-23-10-8-9-20-21(23)19-28(26(20)32)22-11-12-24(30)27-25(22)31;/h8-10,22H,2-7,11-19H2,1H3;1H. The second-order valence-corrected chi connectivity index (χ2v) is 11.2. The quantitative estimate of drug-likeness (QED) is 0.196. The van der Waals surface area contributed by atoms with E-state index in [2.05, 4.69) is 18.4 Å². The number of morpholine rings is 1. The molecule has 3 heterocycles. The number of likely N-dealkylation sites (N-methyl/N-ethyl adjacent to an activating group) is 1. The first-order valence-corrected chi connectivity index (χ1v) is 13.8. The second kappa shape index (κ2) is 13.1. The average Bonchev–Trinajstić information content (AvgIpc) is 3.15. The largest absolute Gasteiger partial charge is 1.00 e. The Hall–Kier alpha value is -1.61. The van der Waals surface area contributed by atoms with Crippen LogP contribution in [0.25, 0.3) is 0 Å². The molecule has 3 aliphatic rings. The molecule has 3 amide bonds. The van der Waals surface area contributed by atoms with Crippen LogP contribution in [-0.4, -0.2) is 78.8 Å². The van der Waals surface area contributed by atoms with Gasteiger partial charge in [-0.15, -0.1) is 11.8 Å². The lowest BCUT2D eigenvalue weighted by molar-refractivity contribution is -0.917. The van der Waals surface area contributed by atoms with Crippen LogP contribution in [0.4, 0.5) is 0 Å². The molecule has 1 aromatic rings. The number of thioether (sulfide) groups is 1. The summed E-state index contributed by atoms with van der Waals surface area (Å²) in [5.74, 6) is 0.333. The van der Waals surface area contributed by atoms with Gasteiger partial charge in [0.25, 0.3) is 5.91 Å². The molecule has 0 aliphatic carbocycles. The predicted octanol–water partition coefficient (Wildman–Crippen LogP) is 0.361. The third-order valence-corrected chi connectivity index (χ3v) is 8.63. The minimum atomic E-state index is -0.553. The normalized spacial score (nSPS) is 21.5. The maximum absolute atomic E-state index is 12.9. The highest BCUT2D eigenvalue weighted by atomic mass is 35.5. The molecule has 9 heteroatoms. The molecule has 3 aliphatic heterocycles. The van der Waals surface area contributed by atoms with Crippen molar-refractivity contribution in [3.63, 3.8) is 0 Å². The number of carbonyl (C=O) groups excluding carboxylic acids is 3. The van der Waals surface area contributed by atoms with Gasteiger partial charge in [-0.2, -0.15) is 0 Å². The van der Waals surface area contributed by atoms with Crippen molar-refractivity contribution in [1.82, 2.24) is 10.2 Å². The molecule has 1 atom stereocenters. The van der Waals surface area contributed by atoms with Crippen LogP contribution in [0.3, 0.4) is 0 Å². The fraction of sp³-hybridized carbons (Fsp3) is 0.654. The molecule has 0 bridgehead atoms. The van der Waals surface area contributed by atoms with Crippen molar-refractivity contribution < 1.29 is 36.0 Å². The first kappa shape index (κ1) is 28.0. The number of hydrogen-bond acceptors (Lipinski definition) is 5. The van der Waals surface area contributed by atoms with Crippen LogP contribution >= 0.6 is 11.8 Å². The van der Waals surface area contributed by atoms with Gasteiger partial charge in [0, 0.05) is 23.4 Å². The number of halogens is 1. The Morgan fingerprint density at radius 2 is 1.77 bits per heavy atom. The topological polar surface area (TPSA) is 75.7 Å². The summed E-state index contributed by atoms with van der Waals surface area (Å²) in [5.41, 5.74) is 1.73. The van der Waals surface area contributed by atoms with E-state index in [0.717, 1.165) is 42.5 Å². The molecule has 4 rings (SSSR count). The molecule has 1 N–H and O–H groups in total. The molecule has 194 valence electrons. The first-order chi connectivity index (χ1) is 16.5. The summed E-state index contributed by atoms with van der Waals surface area (Å²) in [6.07, 6.45) is 8.30. The van der Waals surface area contributed by atoms with Crippen LogP contribution in [0.15, 0.2) is 23.1 Å². The number of amides is 3. The lowest BCUT2D eigenvalue weighted by atomic mass is 10.0. The van der Waals surface area contributed by atoms with Crippen molar-refractivity contribution in [2.45, 2.75) is 68.8 Å². The summed E-state index contributed by atoms with van der Waals surface area (Å²) < 4.78 is 6.65. The Kier molecular flexibility index (Phi) is 10.5. The third kappa shape index (κ3) is 7.21. The van der Waals surface area contributed by atoms with Gasteiger partial charge in [0.2, 0.25) is 11.8 Å². The molecule has 1 unspecified atom stereocenters. The molecule has 0 radical (unpaired) electrons. The Balaban J connectivity index is 0.00000342. The fourth-order valence-corrected chi connectivity index (χ4v) is 6.28. The summed E-state index contributed by atoms with van der Waals surface area (Å²) in [6.45, 7) is 5.83. The number of hydrogen-bond donors (Lipinski definition) is 1. The highest BCUT2D eigenvalue weighted by Crippen LogP contribution is 2.34. The van der Waals surface area contributed by atoms with Gasteiger partial charge in [0.1, 0.15) is 19.1 Å². The van der Waals surface area contributed by atoms with Crippen LogP contribution in [0.1, 0.15) is 67.3 Å². The number of nitrogens with one attached hydrogen (secondary N) is 1. The van der Waals surface area contributed by atoms with Crippen LogP contribution < -0.4 is 17.7 Å². The third-order valence-electron chi connectivity index (χ3n) is 7.44. The van der Waals surface area contributed by atoms with Crippen molar-refractivity contribution >= 4 is 29.5 Å². The number of ether oxygens (including phenoxy) is 1. The Labute approximate surface area is 219 Å². The van der Waals surface area contributed by atoms with Gasteiger partial charge in [0.05, 0.1) is 26.8 Å². The number of unbranched alkanes of at least 4 members (excludes halogenated alkanes) is 5. The van der Waals surface area contributed by atoms with Crippen molar-refractivity contribution in [3.8, 4) is 0 Å². The van der Waals surface area contributed by atoms with E-state index < -0.39 is 6.04 Å². The van der Waals surface area contributed by atoms with Crippen LogP contribution in [0, 0.1) is 0 Å². The van der Waals surface area contributed by atoms with Gasteiger partial charge >= 0.3 is 0 Å². The lowest BCUT2D eigenvalue weighted by Crippen LogP contribution is -3.00. The monoisotopic (exact) mass is 523 g/mol. The number of rotatable bonds is 11. The summed E-state index contributed by atoms with van der Waals surface area (Å²) in [5, 5.41) is 2.37. The van der Waals surface area contributed by atoms with E-state index in [1.165, 1.54) is 49.6 Å². The number of carbonyl (C=O) groups is 3. The molecule has 1 aromatic carbocycles. The van der Waals surface area contributed by atoms with E-state index in [9.17, 15) is 14.4 Å². The molecule has 35 heavy (non-hydrogen) atoms. The number of quaternary nitrogens is 1. The number of fused-ring (bicyclic) bond motifs is 1. The Bertz CT molecular complexity index is 907. The molecule has 7 nitrogen and oxygen atoms in total. The van der Waals surface area contributed by atoms with Crippen molar-refractivity contribution in [3.05, 3.63) is 29.3 Å². The zero-order chi connectivity index (χ0) is 24.0. The predicted molar refractivity (Wildman–Crippen MR) is 133 cm³/mol. The lowest BCUT2D eigenvalue weighted by Gasteiger charge is -2.37. The fourth-order valence-electron chi connectivity index (χ4n) is 5.18. The van der Waals surface area contributed by atoms with E-state index in [0.29, 0.717) is 18.5 Å². The van der Waals surface area contributed by atoms with E-state index in [1.807, 2.05) is 23.9 Å². The van der Waals surface area contributed by atoms with Gasteiger partial charge in [-0.1, -0.05) is 25.3 Å². The van der Waals surface area contributed by atoms with Gasteiger partial charge < -0.3 is 26.5 Å². The van der Waals surface area contributed by atoms with Gasteiger partial charge in [0.15, 0.2) is 0 Å². The van der Waals surface area contributed by atoms with Crippen molar-refractivity contribution in [2.75, 3.05) is 45.6 Å². The summed E-state index contributed by atoms with van der Waals surface area (Å²) in [4.78, 5) is 39.5. The van der Waals surface area contributed by atoms with E-state index >= 15 is 0 Å². The Morgan fingerprint density at radius 3 is 2.51 bits per heavy atom.